The standard InChI is InChI=1S/C18H21N3O/c1-12-10-17-18(11-13(12)2)21(14(3)20-17)8-9-22-16-6-4-15(19)5-7-16/h4-7,10-11H,8-9,19H2,1-3H3. The first-order valence-electron chi connectivity index (χ1n) is 7.47. The molecule has 0 spiro atoms. The number of imidazole rings is 1. The second kappa shape index (κ2) is 5.72. The molecule has 0 aliphatic carbocycles. The van der Waals surface area contributed by atoms with Crippen molar-refractivity contribution in [3.05, 3.63) is 53.3 Å². The van der Waals surface area contributed by atoms with E-state index in [0.29, 0.717) is 6.61 Å². The van der Waals surface area contributed by atoms with Gasteiger partial charge in [-0.3, -0.25) is 0 Å². The predicted molar refractivity (Wildman–Crippen MR) is 90.3 cm³/mol. The van der Waals surface area contributed by atoms with Crippen LogP contribution in [0.3, 0.4) is 0 Å². The quantitative estimate of drug-likeness (QED) is 0.748. The number of nitrogen functional groups attached to an aromatic ring is 1. The number of fused-ring (bicyclic) bond motifs is 1. The van der Waals surface area contributed by atoms with E-state index in [0.717, 1.165) is 29.3 Å². The molecule has 114 valence electrons. The highest BCUT2D eigenvalue weighted by molar-refractivity contribution is 5.78. The zero-order chi connectivity index (χ0) is 15.7. The van der Waals surface area contributed by atoms with E-state index in [9.17, 15) is 0 Å². The van der Waals surface area contributed by atoms with Crippen LogP contribution < -0.4 is 10.5 Å². The summed E-state index contributed by atoms with van der Waals surface area (Å²) < 4.78 is 8.00. The Balaban J connectivity index is 1.77. The van der Waals surface area contributed by atoms with Gasteiger partial charge in [-0.15, -0.1) is 0 Å². The molecule has 0 aliphatic heterocycles. The molecule has 3 rings (SSSR count). The molecule has 2 aromatic carbocycles. The Labute approximate surface area is 130 Å². The Morgan fingerprint density at radius 2 is 1.73 bits per heavy atom. The molecule has 0 amide bonds. The van der Waals surface area contributed by atoms with Gasteiger partial charge in [-0.25, -0.2) is 4.98 Å². The number of benzene rings is 2. The summed E-state index contributed by atoms with van der Waals surface area (Å²) in [6.07, 6.45) is 0. The van der Waals surface area contributed by atoms with Gasteiger partial charge in [0.2, 0.25) is 0 Å². The second-order valence-electron chi connectivity index (χ2n) is 5.65. The lowest BCUT2D eigenvalue weighted by Crippen LogP contribution is -2.09. The van der Waals surface area contributed by atoms with Gasteiger partial charge >= 0.3 is 0 Å². The molecule has 0 saturated carbocycles. The van der Waals surface area contributed by atoms with Gasteiger partial charge in [0.25, 0.3) is 0 Å². The number of anilines is 1. The minimum atomic E-state index is 0.600. The molecule has 0 radical (unpaired) electrons. The smallest absolute Gasteiger partial charge is 0.119 e. The van der Waals surface area contributed by atoms with Crippen molar-refractivity contribution >= 4 is 16.7 Å². The van der Waals surface area contributed by atoms with Gasteiger partial charge in [-0.05, 0) is 68.3 Å². The number of rotatable bonds is 4. The second-order valence-corrected chi connectivity index (χ2v) is 5.65. The third-order valence-corrected chi connectivity index (χ3v) is 4.02. The van der Waals surface area contributed by atoms with Crippen LogP contribution in [0.5, 0.6) is 5.75 Å². The lowest BCUT2D eigenvalue weighted by atomic mass is 10.1. The molecular weight excluding hydrogens is 274 g/mol. The summed E-state index contributed by atoms with van der Waals surface area (Å²) in [7, 11) is 0. The van der Waals surface area contributed by atoms with Crippen molar-refractivity contribution in [2.45, 2.75) is 27.3 Å². The predicted octanol–water partition coefficient (Wildman–Crippen LogP) is 3.62. The van der Waals surface area contributed by atoms with E-state index in [1.54, 1.807) is 0 Å². The third-order valence-electron chi connectivity index (χ3n) is 4.02. The number of hydrogen-bond donors (Lipinski definition) is 1. The SMILES string of the molecule is Cc1cc2nc(C)n(CCOc3ccc(N)cc3)c2cc1C. The topological polar surface area (TPSA) is 53.1 Å². The summed E-state index contributed by atoms with van der Waals surface area (Å²) in [4.78, 5) is 4.64. The number of nitrogens with two attached hydrogens (primary N) is 1. The van der Waals surface area contributed by atoms with Crippen LogP contribution in [-0.4, -0.2) is 16.2 Å². The first-order chi connectivity index (χ1) is 10.5. The molecule has 1 heterocycles. The normalized spacial score (nSPS) is 11.0. The minimum Gasteiger partial charge on any atom is -0.492 e. The monoisotopic (exact) mass is 295 g/mol. The van der Waals surface area contributed by atoms with E-state index in [4.69, 9.17) is 10.5 Å². The fraction of sp³-hybridized carbons (Fsp3) is 0.278. The van der Waals surface area contributed by atoms with Crippen LogP contribution in [0.1, 0.15) is 17.0 Å². The Morgan fingerprint density at radius 3 is 2.45 bits per heavy atom. The Bertz CT molecular complexity index is 803. The first kappa shape index (κ1) is 14.4. The Kier molecular flexibility index (Phi) is 3.75. The summed E-state index contributed by atoms with van der Waals surface area (Å²) in [5.74, 6) is 1.85. The fourth-order valence-corrected chi connectivity index (χ4v) is 2.60. The highest BCUT2D eigenvalue weighted by Gasteiger charge is 2.09. The summed E-state index contributed by atoms with van der Waals surface area (Å²) >= 11 is 0. The number of aryl methyl sites for hydroxylation is 3. The van der Waals surface area contributed by atoms with Gasteiger partial charge in [-0.1, -0.05) is 0 Å². The molecule has 0 atom stereocenters. The van der Waals surface area contributed by atoms with Gasteiger partial charge in [0.05, 0.1) is 17.6 Å². The van der Waals surface area contributed by atoms with Crippen LogP contribution in [0, 0.1) is 20.8 Å². The molecule has 1 aromatic heterocycles. The molecule has 0 unspecified atom stereocenters. The van der Waals surface area contributed by atoms with E-state index in [2.05, 4.69) is 35.5 Å². The molecule has 0 bridgehead atoms. The number of aromatic nitrogens is 2. The van der Waals surface area contributed by atoms with Crippen LogP contribution in [0.25, 0.3) is 11.0 Å². The van der Waals surface area contributed by atoms with Crippen molar-refractivity contribution in [1.82, 2.24) is 9.55 Å². The highest BCUT2D eigenvalue weighted by Crippen LogP contribution is 2.21. The van der Waals surface area contributed by atoms with E-state index in [1.807, 2.05) is 31.2 Å². The van der Waals surface area contributed by atoms with E-state index >= 15 is 0 Å². The van der Waals surface area contributed by atoms with E-state index < -0.39 is 0 Å². The fourth-order valence-electron chi connectivity index (χ4n) is 2.60. The van der Waals surface area contributed by atoms with Gasteiger partial charge in [0, 0.05) is 5.69 Å². The minimum absolute atomic E-state index is 0.600. The van der Waals surface area contributed by atoms with Crippen molar-refractivity contribution in [3.8, 4) is 5.75 Å². The van der Waals surface area contributed by atoms with Crippen molar-refractivity contribution < 1.29 is 4.74 Å². The zero-order valence-corrected chi connectivity index (χ0v) is 13.3. The van der Waals surface area contributed by atoms with Crippen molar-refractivity contribution in [1.29, 1.82) is 0 Å². The molecule has 0 aliphatic rings. The van der Waals surface area contributed by atoms with Crippen molar-refractivity contribution in [2.24, 2.45) is 0 Å². The maximum Gasteiger partial charge on any atom is 0.119 e. The lowest BCUT2D eigenvalue weighted by Gasteiger charge is -2.10. The Morgan fingerprint density at radius 1 is 1.05 bits per heavy atom. The highest BCUT2D eigenvalue weighted by atomic mass is 16.5. The van der Waals surface area contributed by atoms with Crippen molar-refractivity contribution in [2.75, 3.05) is 12.3 Å². The molecule has 0 saturated heterocycles. The molecule has 3 aromatic rings. The molecule has 0 fully saturated rings. The molecule has 22 heavy (non-hydrogen) atoms. The van der Waals surface area contributed by atoms with Gasteiger partial charge in [-0.2, -0.15) is 0 Å². The van der Waals surface area contributed by atoms with Gasteiger partial charge < -0.3 is 15.0 Å². The van der Waals surface area contributed by atoms with Gasteiger partial charge in [0.15, 0.2) is 0 Å². The Hall–Kier alpha value is -2.49. The maximum absolute atomic E-state index is 5.79. The number of hydrogen-bond acceptors (Lipinski definition) is 3. The van der Waals surface area contributed by atoms with Crippen LogP contribution in [-0.2, 0) is 6.54 Å². The maximum atomic E-state index is 5.79. The van der Waals surface area contributed by atoms with E-state index in [1.165, 1.54) is 16.6 Å². The molecule has 4 heteroatoms. The zero-order valence-electron chi connectivity index (χ0n) is 13.3. The molecule has 4 nitrogen and oxygen atoms in total. The number of ether oxygens (including phenoxy) is 1. The summed E-state index contributed by atoms with van der Waals surface area (Å²) in [6.45, 7) is 7.66. The van der Waals surface area contributed by atoms with Crippen molar-refractivity contribution in [3.63, 3.8) is 0 Å². The summed E-state index contributed by atoms with van der Waals surface area (Å²) in [6, 6.07) is 11.8. The van der Waals surface area contributed by atoms with Crippen LogP contribution in [0.15, 0.2) is 36.4 Å². The lowest BCUT2D eigenvalue weighted by molar-refractivity contribution is 0.299. The molecule has 2 N–H and O–H groups in total. The third kappa shape index (κ3) is 2.77. The van der Waals surface area contributed by atoms with Crippen LogP contribution in [0.4, 0.5) is 5.69 Å². The first-order valence-corrected chi connectivity index (χ1v) is 7.47. The molecular formula is C18H21N3O. The summed E-state index contributed by atoms with van der Waals surface area (Å²) in [5.41, 5.74) is 11.2. The average Bonchev–Trinajstić information content (AvgIpc) is 2.77. The number of nitrogens with zero attached hydrogens (tertiary/aromatic N) is 2. The van der Waals surface area contributed by atoms with Gasteiger partial charge in [0.1, 0.15) is 18.2 Å². The van der Waals surface area contributed by atoms with Crippen LogP contribution in [0.2, 0.25) is 0 Å². The van der Waals surface area contributed by atoms with Crippen LogP contribution >= 0.6 is 0 Å². The largest absolute Gasteiger partial charge is 0.492 e. The van der Waals surface area contributed by atoms with E-state index in [-0.39, 0.29) is 0 Å². The average molecular weight is 295 g/mol. The summed E-state index contributed by atoms with van der Waals surface area (Å²) in [5, 5.41) is 0.